The van der Waals surface area contributed by atoms with Crippen LogP contribution in [-0.2, 0) is 0 Å². The molecule has 0 unspecified atom stereocenters. The van der Waals surface area contributed by atoms with Crippen molar-refractivity contribution >= 4 is 32.6 Å². The first-order valence-electron chi connectivity index (χ1n) is 7.66. The lowest BCUT2D eigenvalue weighted by Crippen LogP contribution is -1.79. The van der Waals surface area contributed by atoms with Gasteiger partial charge in [0, 0.05) is 10.9 Å². The van der Waals surface area contributed by atoms with Gasteiger partial charge < -0.3 is 4.42 Å². The normalized spacial score (nSPS) is 11.5. The van der Waals surface area contributed by atoms with E-state index in [2.05, 4.69) is 42.5 Å². The van der Waals surface area contributed by atoms with Crippen molar-refractivity contribution in [2.45, 2.75) is 0 Å². The molecule has 0 atom stereocenters. The van der Waals surface area contributed by atoms with Gasteiger partial charge in [-0.3, -0.25) is 0 Å². The Morgan fingerprint density at radius 1 is 0.609 bits per heavy atom. The zero-order valence-corrected chi connectivity index (χ0v) is 12.4. The van der Waals surface area contributed by atoms with Crippen LogP contribution in [0.4, 0.5) is 0 Å². The summed E-state index contributed by atoms with van der Waals surface area (Å²) in [7, 11) is 0. The van der Waals surface area contributed by atoms with E-state index in [1.54, 1.807) is 0 Å². The maximum absolute atomic E-state index is 5.96. The van der Waals surface area contributed by atoms with E-state index in [0.717, 1.165) is 22.0 Å². The predicted octanol–water partition coefficient (Wildman–Crippen LogP) is 5.80. The largest absolute Gasteiger partial charge is 0.436 e. The van der Waals surface area contributed by atoms with E-state index in [-0.39, 0.29) is 0 Å². The quantitative estimate of drug-likeness (QED) is 0.365. The van der Waals surface area contributed by atoms with E-state index in [1.807, 2.05) is 36.4 Å². The summed E-state index contributed by atoms with van der Waals surface area (Å²) >= 11 is 0. The summed E-state index contributed by atoms with van der Waals surface area (Å²) in [5.41, 5.74) is 2.75. The highest BCUT2D eigenvalue weighted by Gasteiger charge is 2.11. The average Bonchev–Trinajstić information content (AvgIpc) is 3.07. The van der Waals surface area contributed by atoms with Gasteiger partial charge in [-0.15, -0.1) is 0 Å². The van der Waals surface area contributed by atoms with E-state index in [0.29, 0.717) is 5.89 Å². The van der Waals surface area contributed by atoms with Gasteiger partial charge in [-0.2, -0.15) is 0 Å². The van der Waals surface area contributed by atoms with Gasteiger partial charge >= 0.3 is 0 Å². The number of rotatable bonds is 1. The predicted molar refractivity (Wildman–Crippen MR) is 94.5 cm³/mol. The molecule has 1 aromatic heterocycles. The lowest BCUT2D eigenvalue weighted by Gasteiger charge is -2.03. The Morgan fingerprint density at radius 2 is 1.39 bits per heavy atom. The Bertz CT molecular complexity index is 1160. The van der Waals surface area contributed by atoms with Crippen LogP contribution in [-0.4, -0.2) is 4.98 Å². The molecule has 0 saturated heterocycles. The molecule has 0 saturated carbocycles. The fourth-order valence-electron chi connectivity index (χ4n) is 3.18. The van der Waals surface area contributed by atoms with Gasteiger partial charge in [0.2, 0.25) is 5.89 Å². The molecule has 0 aliphatic carbocycles. The van der Waals surface area contributed by atoms with Crippen LogP contribution in [0.25, 0.3) is 44.1 Å². The van der Waals surface area contributed by atoms with Gasteiger partial charge in [-0.25, -0.2) is 4.98 Å². The molecule has 1 heterocycles. The van der Waals surface area contributed by atoms with Crippen LogP contribution in [0.3, 0.4) is 0 Å². The second-order valence-electron chi connectivity index (χ2n) is 5.68. The molecule has 108 valence electrons. The molecule has 0 aliphatic heterocycles. The van der Waals surface area contributed by atoms with Crippen LogP contribution < -0.4 is 0 Å². The van der Waals surface area contributed by atoms with Crippen LogP contribution in [0.1, 0.15) is 0 Å². The minimum atomic E-state index is 0.668. The molecule has 0 fully saturated rings. The molecule has 0 aliphatic rings. The molecule has 5 rings (SSSR count). The first-order valence-corrected chi connectivity index (χ1v) is 7.66. The van der Waals surface area contributed by atoms with Gasteiger partial charge in [0.05, 0.1) is 0 Å². The highest BCUT2D eigenvalue weighted by molar-refractivity contribution is 6.15. The summed E-state index contributed by atoms with van der Waals surface area (Å²) in [4.78, 5) is 4.75. The molecule has 23 heavy (non-hydrogen) atoms. The number of benzene rings is 4. The molecule has 0 N–H and O–H groups in total. The van der Waals surface area contributed by atoms with Gasteiger partial charge in [0.1, 0.15) is 5.52 Å². The minimum absolute atomic E-state index is 0.668. The van der Waals surface area contributed by atoms with Crippen LogP contribution in [0, 0.1) is 0 Å². The maximum atomic E-state index is 5.96. The first-order chi connectivity index (χ1) is 11.4. The minimum Gasteiger partial charge on any atom is -0.436 e. The van der Waals surface area contributed by atoms with Crippen molar-refractivity contribution in [3.05, 3.63) is 78.9 Å². The highest BCUT2D eigenvalue weighted by Crippen LogP contribution is 2.33. The summed E-state index contributed by atoms with van der Waals surface area (Å²) in [6.07, 6.45) is 0. The Morgan fingerprint density at radius 3 is 2.30 bits per heavy atom. The fourth-order valence-corrected chi connectivity index (χ4v) is 3.18. The number of aromatic nitrogens is 1. The Labute approximate surface area is 133 Å². The highest BCUT2D eigenvalue weighted by atomic mass is 16.3. The molecule has 2 nitrogen and oxygen atoms in total. The second-order valence-corrected chi connectivity index (χ2v) is 5.68. The third-order valence-corrected chi connectivity index (χ3v) is 4.30. The van der Waals surface area contributed by atoms with Crippen LogP contribution in [0.5, 0.6) is 0 Å². The van der Waals surface area contributed by atoms with E-state index >= 15 is 0 Å². The molecule has 5 aromatic rings. The van der Waals surface area contributed by atoms with Crippen LogP contribution >= 0.6 is 0 Å². The van der Waals surface area contributed by atoms with Gasteiger partial charge in [-0.1, -0.05) is 54.6 Å². The molecule has 2 heteroatoms. The van der Waals surface area contributed by atoms with E-state index < -0.39 is 0 Å². The van der Waals surface area contributed by atoms with Gasteiger partial charge in [-0.05, 0) is 40.4 Å². The number of fused-ring (bicyclic) bond motifs is 5. The zero-order chi connectivity index (χ0) is 15.2. The van der Waals surface area contributed by atoms with Crippen molar-refractivity contribution in [2.75, 3.05) is 0 Å². The standard InChI is InChI=1S/C21H13NO/c1-2-7-15(8-3-1)21-22-20-18-11-10-14-6-4-5-9-16(14)17(18)12-13-19(20)23-21/h1-13H. The number of hydrogen-bond donors (Lipinski definition) is 0. The zero-order valence-electron chi connectivity index (χ0n) is 12.4. The van der Waals surface area contributed by atoms with E-state index in [9.17, 15) is 0 Å². The third-order valence-electron chi connectivity index (χ3n) is 4.30. The second kappa shape index (κ2) is 4.68. The Kier molecular flexibility index (Phi) is 2.53. The topological polar surface area (TPSA) is 26.0 Å². The summed E-state index contributed by atoms with van der Waals surface area (Å²) in [6.45, 7) is 0. The average molecular weight is 295 g/mol. The summed E-state index contributed by atoms with van der Waals surface area (Å²) in [5, 5.41) is 4.83. The molecule has 0 amide bonds. The number of hydrogen-bond acceptors (Lipinski definition) is 2. The molecule has 0 bridgehead atoms. The van der Waals surface area contributed by atoms with Gasteiger partial charge in [0.15, 0.2) is 5.58 Å². The van der Waals surface area contributed by atoms with Crippen molar-refractivity contribution in [1.82, 2.24) is 4.98 Å². The number of nitrogens with zero attached hydrogens (tertiary/aromatic N) is 1. The smallest absolute Gasteiger partial charge is 0.227 e. The van der Waals surface area contributed by atoms with E-state index in [1.165, 1.54) is 16.2 Å². The van der Waals surface area contributed by atoms with Crippen molar-refractivity contribution in [3.63, 3.8) is 0 Å². The maximum Gasteiger partial charge on any atom is 0.227 e. The van der Waals surface area contributed by atoms with Crippen molar-refractivity contribution in [2.24, 2.45) is 0 Å². The van der Waals surface area contributed by atoms with Gasteiger partial charge in [0.25, 0.3) is 0 Å². The summed E-state index contributed by atoms with van der Waals surface area (Å²) in [6, 6.07) is 26.9. The van der Waals surface area contributed by atoms with Crippen LogP contribution in [0.15, 0.2) is 83.3 Å². The lowest BCUT2D eigenvalue weighted by molar-refractivity contribution is 0.620. The third kappa shape index (κ3) is 1.85. The SMILES string of the molecule is c1ccc(-c2nc3c(ccc4c5ccccc5ccc43)o2)cc1. The fraction of sp³-hybridized carbons (Fsp3) is 0. The Balaban J connectivity index is 1.86. The monoisotopic (exact) mass is 295 g/mol. The summed E-state index contributed by atoms with van der Waals surface area (Å²) < 4.78 is 5.96. The molecular formula is C21H13NO. The van der Waals surface area contributed by atoms with Crippen molar-refractivity contribution in [3.8, 4) is 11.5 Å². The molecular weight excluding hydrogens is 282 g/mol. The van der Waals surface area contributed by atoms with Crippen molar-refractivity contribution in [1.29, 1.82) is 0 Å². The van der Waals surface area contributed by atoms with Crippen LogP contribution in [0.2, 0.25) is 0 Å². The molecule has 0 radical (unpaired) electrons. The summed E-state index contributed by atoms with van der Waals surface area (Å²) in [5.74, 6) is 0.668. The van der Waals surface area contributed by atoms with Crippen molar-refractivity contribution < 1.29 is 4.42 Å². The lowest BCUT2D eigenvalue weighted by atomic mass is 10.0. The molecule has 4 aromatic carbocycles. The first kappa shape index (κ1) is 12.4. The Hall–Kier alpha value is -3.13. The van der Waals surface area contributed by atoms with E-state index in [4.69, 9.17) is 9.40 Å². The number of oxazole rings is 1. The molecule has 0 spiro atoms.